The minimum atomic E-state index is -0.920. The average Bonchev–Trinajstić information content (AvgIpc) is 2.35. The summed E-state index contributed by atoms with van der Waals surface area (Å²) in [6, 6.07) is 8.41. The van der Waals surface area contributed by atoms with Crippen LogP contribution in [0.25, 0.3) is 0 Å². The van der Waals surface area contributed by atoms with Crippen molar-refractivity contribution in [3.63, 3.8) is 0 Å². The molecule has 2 rings (SSSR count). The van der Waals surface area contributed by atoms with Crippen LogP contribution in [0.5, 0.6) is 0 Å². The minimum Gasteiger partial charge on any atom is -0.301 e. The fourth-order valence-corrected chi connectivity index (χ4v) is 1.59. The lowest BCUT2D eigenvalue weighted by Crippen LogP contribution is -2.08. The van der Waals surface area contributed by atoms with E-state index in [1.54, 1.807) is 18.2 Å². The first-order valence-corrected chi connectivity index (χ1v) is 5.74. The molecule has 0 bridgehead atoms. The molecule has 2 aromatic rings. The lowest BCUT2D eigenvalue weighted by Gasteiger charge is -2.10. The second kappa shape index (κ2) is 5.42. The van der Waals surface area contributed by atoms with Crippen LogP contribution >= 0.6 is 23.2 Å². The number of hydrogen-bond donors (Lipinski definition) is 2. The van der Waals surface area contributed by atoms with Gasteiger partial charge in [0.15, 0.2) is 11.6 Å². The summed E-state index contributed by atoms with van der Waals surface area (Å²) in [5, 5.41) is 0.837. The molecule has 2 nitrogen and oxygen atoms in total. The van der Waals surface area contributed by atoms with Gasteiger partial charge in [-0.2, -0.15) is 0 Å². The van der Waals surface area contributed by atoms with Crippen molar-refractivity contribution in [2.75, 3.05) is 10.9 Å². The number of halogens is 4. The summed E-state index contributed by atoms with van der Waals surface area (Å²) >= 11 is 11.6. The van der Waals surface area contributed by atoms with Crippen molar-refractivity contribution in [1.29, 1.82) is 0 Å². The second-order valence-corrected chi connectivity index (χ2v) is 4.32. The quantitative estimate of drug-likeness (QED) is 0.799. The predicted molar refractivity (Wildman–Crippen MR) is 70.1 cm³/mol. The van der Waals surface area contributed by atoms with Crippen molar-refractivity contribution in [1.82, 2.24) is 0 Å². The summed E-state index contributed by atoms with van der Waals surface area (Å²) < 4.78 is 25.6. The molecule has 94 valence electrons. The maximum Gasteiger partial charge on any atom is 0.160 e. The molecule has 0 saturated carbocycles. The number of nitrogens with one attached hydrogen (secondary N) is 2. The van der Waals surface area contributed by atoms with E-state index in [0.29, 0.717) is 21.4 Å². The van der Waals surface area contributed by atoms with Crippen LogP contribution in [0.1, 0.15) is 0 Å². The van der Waals surface area contributed by atoms with Crippen molar-refractivity contribution in [3.05, 3.63) is 58.1 Å². The van der Waals surface area contributed by atoms with Crippen molar-refractivity contribution in [3.8, 4) is 0 Å². The smallest absolute Gasteiger partial charge is 0.160 e. The Morgan fingerprint density at radius 2 is 1.33 bits per heavy atom. The van der Waals surface area contributed by atoms with Gasteiger partial charge in [-0.1, -0.05) is 23.2 Å². The SMILES string of the molecule is Fc1ccc(NNc2ccc(Cl)c(Cl)c2)cc1F. The molecule has 2 N–H and O–H groups in total. The molecule has 0 spiro atoms. The summed E-state index contributed by atoms with van der Waals surface area (Å²) in [6.45, 7) is 0. The first kappa shape index (κ1) is 12.9. The highest BCUT2D eigenvalue weighted by Crippen LogP contribution is 2.25. The first-order valence-electron chi connectivity index (χ1n) is 4.98. The lowest BCUT2D eigenvalue weighted by molar-refractivity contribution is 0.509. The highest BCUT2D eigenvalue weighted by Gasteiger charge is 2.02. The molecule has 0 aliphatic rings. The van der Waals surface area contributed by atoms with E-state index in [9.17, 15) is 8.78 Å². The Morgan fingerprint density at radius 1 is 0.722 bits per heavy atom. The zero-order valence-corrected chi connectivity index (χ0v) is 10.5. The molecule has 0 saturated heterocycles. The summed E-state index contributed by atoms with van der Waals surface area (Å²) in [5.74, 6) is -1.81. The number of hydrogen-bond acceptors (Lipinski definition) is 2. The maximum atomic E-state index is 12.9. The largest absolute Gasteiger partial charge is 0.301 e. The van der Waals surface area contributed by atoms with Crippen LogP contribution in [-0.4, -0.2) is 0 Å². The maximum absolute atomic E-state index is 12.9. The minimum absolute atomic E-state index is 0.389. The molecule has 18 heavy (non-hydrogen) atoms. The Bertz CT molecular complexity index is 524. The normalized spacial score (nSPS) is 10.2. The summed E-state index contributed by atoms with van der Waals surface area (Å²) in [6.07, 6.45) is 0. The molecular weight excluding hydrogens is 281 g/mol. The van der Waals surface area contributed by atoms with E-state index >= 15 is 0 Å². The van der Waals surface area contributed by atoms with Crippen LogP contribution in [0.15, 0.2) is 36.4 Å². The van der Waals surface area contributed by atoms with E-state index in [1.807, 2.05) is 0 Å². The van der Waals surface area contributed by atoms with E-state index in [2.05, 4.69) is 10.9 Å². The van der Waals surface area contributed by atoms with Crippen molar-refractivity contribution in [2.24, 2.45) is 0 Å². The van der Waals surface area contributed by atoms with Crippen LogP contribution in [0, 0.1) is 11.6 Å². The van der Waals surface area contributed by atoms with Gasteiger partial charge in [0, 0.05) is 6.07 Å². The van der Waals surface area contributed by atoms with E-state index in [-0.39, 0.29) is 0 Å². The Labute approximate surface area is 112 Å². The van der Waals surface area contributed by atoms with Crippen LogP contribution in [0.3, 0.4) is 0 Å². The monoisotopic (exact) mass is 288 g/mol. The van der Waals surface area contributed by atoms with Crippen LogP contribution in [0.4, 0.5) is 20.2 Å². The number of benzene rings is 2. The van der Waals surface area contributed by atoms with Gasteiger partial charge in [0.2, 0.25) is 0 Å². The van der Waals surface area contributed by atoms with Gasteiger partial charge < -0.3 is 10.9 Å². The van der Waals surface area contributed by atoms with Crippen LogP contribution < -0.4 is 10.9 Å². The van der Waals surface area contributed by atoms with Gasteiger partial charge in [0.25, 0.3) is 0 Å². The van der Waals surface area contributed by atoms with E-state index in [1.165, 1.54) is 6.07 Å². The Kier molecular flexibility index (Phi) is 3.89. The molecule has 0 atom stereocenters. The molecule has 2 aromatic carbocycles. The number of hydrazine groups is 1. The third-order valence-electron chi connectivity index (χ3n) is 2.19. The van der Waals surface area contributed by atoms with Gasteiger partial charge in [0.05, 0.1) is 21.4 Å². The molecule has 0 amide bonds. The zero-order chi connectivity index (χ0) is 13.1. The van der Waals surface area contributed by atoms with E-state index in [4.69, 9.17) is 23.2 Å². The Balaban J connectivity index is 2.06. The highest BCUT2D eigenvalue weighted by molar-refractivity contribution is 6.42. The zero-order valence-electron chi connectivity index (χ0n) is 8.98. The fourth-order valence-electron chi connectivity index (χ4n) is 1.29. The third-order valence-corrected chi connectivity index (χ3v) is 2.93. The Morgan fingerprint density at radius 3 is 1.94 bits per heavy atom. The van der Waals surface area contributed by atoms with Gasteiger partial charge in [-0.05, 0) is 30.3 Å². The number of rotatable bonds is 3. The third kappa shape index (κ3) is 3.03. The van der Waals surface area contributed by atoms with Gasteiger partial charge in [0.1, 0.15) is 0 Å². The van der Waals surface area contributed by atoms with Crippen molar-refractivity contribution in [2.45, 2.75) is 0 Å². The van der Waals surface area contributed by atoms with Gasteiger partial charge in [-0.15, -0.1) is 0 Å². The van der Waals surface area contributed by atoms with Gasteiger partial charge in [-0.25, -0.2) is 8.78 Å². The summed E-state index contributed by atoms with van der Waals surface area (Å²) in [7, 11) is 0. The average molecular weight is 289 g/mol. The second-order valence-electron chi connectivity index (χ2n) is 3.51. The van der Waals surface area contributed by atoms with Gasteiger partial charge >= 0.3 is 0 Å². The standard InChI is InChI=1S/C12H8Cl2F2N2/c13-9-3-1-7(5-10(9)14)17-18-8-2-4-11(15)12(16)6-8/h1-6,17-18H. The number of anilines is 2. The van der Waals surface area contributed by atoms with E-state index < -0.39 is 11.6 Å². The Hall–Kier alpha value is -1.52. The van der Waals surface area contributed by atoms with Crippen molar-refractivity contribution >= 4 is 34.6 Å². The molecule has 0 heterocycles. The fraction of sp³-hybridized carbons (Fsp3) is 0. The summed E-state index contributed by atoms with van der Waals surface area (Å²) in [4.78, 5) is 0. The lowest BCUT2D eigenvalue weighted by atomic mass is 10.3. The van der Waals surface area contributed by atoms with Crippen molar-refractivity contribution < 1.29 is 8.78 Å². The predicted octanol–water partition coefficient (Wildman–Crippen LogP) is 4.71. The molecule has 0 aliphatic heterocycles. The molecule has 0 fully saturated rings. The molecule has 0 aliphatic carbocycles. The molecule has 6 heteroatoms. The summed E-state index contributed by atoms with van der Waals surface area (Å²) in [5.41, 5.74) is 6.55. The molecule has 0 aromatic heterocycles. The molecular formula is C12H8Cl2F2N2. The van der Waals surface area contributed by atoms with Crippen LogP contribution in [-0.2, 0) is 0 Å². The van der Waals surface area contributed by atoms with E-state index in [0.717, 1.165) is 12.1 Å². The highest BCUT2D eigenvalue weighted by atomic mass is 35.5. The van der Waals surface area contributed by atoms with Gasteiger partial charge in [-0.3, -0.25) is 0 Å². The first-order chi connectivity index (χ1) is 8.56. The topological polar surface area (TPSA) is 24.1 Å². The molecule has 0 unspecified atom stereocenters. The van der Waals surface area contributed by atoms with Crippen LogP contribution in [0.2, 0.25) is 10.0 Å². The molecule has 0 radical (unpaired) electrons.